The van der Waals surface area contributed by atoms with E-state index in [1.807, 2.05) is 11.3 Å². The second-order valence-electron chi connectivity index (χ2n) is 7.91. The molecule has 0 spiro atoms. The zero-order valence-corrected chi connectivity index (χ0v) is 14.1. The van der Waals surface area contributed by atoms with Gasteiger partial charge in [-0.05, 0) is 75.2 Å². The van der Waals surface area contributed by atoms with Crippen LogP contribution in [-0.2, 0) is 6.42 Å². The Balaban J connectivity index is 1.48. The third-order valence-corrected chi connectivity index (χ3v) is 7.16. The minimum atomic E-state index is 0.345. The normalized spacial score (nSPS) is 38.9. The predicted molar refractivity (Wildman–Crippen MR) is 86.3 cm³/mol. The van der Waals surface area contributed by atoms with Crippen LogP contribution in [0, 0.1) is 23.2 Å². The summed E-state index contributed by atoms with van der Waals surface area (Å²) in [5.74, 6) is 3.10. The number of nitrogens with zero attached hydrogens (tertiary/aromatic N) is 2. The van der Waals surface area contributed by atoms with E-state index in [9.17, 15) is 0 Å². The van der Waals surface area contributed by atoms with Crippen LogP contribution >= 0.6 is 11.3 Å². The van der Waals surface area contributed by atoms with Crippen molar-refractivity contribution < 1.29 is 0 Å². The lowest BCUT2D eigenvalue weighted by molar-refractivity contribution is -0.0522. The standard InChI is InChI=1S/C17H27N3S/c1-3-18-11(2)16-20-19-15(21-16)10-17-7-12-4-13(8-17)6-14(5-12)9-17/h11-14,18H,3-10H2,1-2H3. The van der Waals surface area contributed by atoms with E-state index in [2.05, 4.69) is 29.4 Å². The van der Waals surface area contributed by atoms with E-state index >= 15 is 0 Å². The molecule has 21 heavy (non-hydrogen) atoms. The fourth-order valence-corrected chi connectivity index (χ4v) is 6.78. The molecule has 4 bridgehead atoms. The smallest absolute Gasteiger partial charge is 0.134 e. The summed E-state index contributed by atoms with van der Waals surface area (Å²) in [6.45, 7) is 5.33. The summed E-state index contributed by atoms with van der Waals surface area (Å²) in [6.07, 6.45) is 10.2. The highest BCUT2D eigenvalue weighted by Crippen LogP contribution is 2.61. The summed E-state index contributed by atoms with van der Waals surface area (Å²) in [5, 5.41) is 14.9. The van der Waals surface area contributed by atoms with E-state index in [1.165, 1.54) is 50.0 Å². The summed E-state index contributed by atoms with van der Waals surface area (Å²) >= 11 is 1.85. The monoisotopic (exact) mass is 305 g/mol. The highest BCUT2D eigenvalue weighted by atomic mass is 32.1. The van der Waals surface area contributed by atoms with Crippen molar-refractivity contribution in [3.05, 3.63) is 10.0 Å². The fraction of sp³-hybridized carbons (Fsp3) is 0.882. The van der Waals surface area contributed by atoms with Crippen molar-refractivity contribution in [3.63, 3.8) is 0 Å². The van der Waals surface area contributed by atoms with Gasteiger partial charge in [0.1, 0.15) is 10.0 Å². The minimum absolute atomic E-state index is 0.345. The third-order valence-electron chi connectivity index (χ3n) is 6.05. The first-order chi connectivity index (χ1) is 10.2. The predicted octanol–water partition coefficient (Wildman–Crippen LogP) is 3.97. The topological polar surface area (TPSA) is 37.8 Å². The van der Waals surface area contributed by atoms with Crippen LogP contribution in [0.1, 0.15) is 68.4 Å². The minimum Gasteiger partial charge on any atom is -0.308 e. The molecule has 5 rings (SSSR count). The lowest BCUT2D eigenvalue weighted by atomic mass is 9.49. The Bertz CT molecular complexity index is 475. The van der Waals surface area contributed by atoms with Crippen molar-refractivity contribution >= 4 is 11.3 Å². The molecule has 4 heteroatoms. The summed E-state index contributed by atoms with van der Waals surface area (Å²) in [6, 6.07) is 0.345. The van der Waals surface area contributed by atoms with Crippen LogP contribution in [-0.4, -0.2) is 16.7 Å². The van der Waals surface area contributed by atoms with E-state index in [-0.39, 0.29) is 0 Å². The quantitative estimate of drug-likeness (QED) is 0.894. The molecule has 1 heterocycles. The Kier molecular flexibility index (Phi) is 3.57. The summed E-state index contributed by atoms with van der Waals surface area (Å²) in [7, 11) is 0. The molecule has 1 aromatic heterocycles. The van der Waals surface area contributed by atoms with Gasteiger partial charge < -0.3 is 5.32 Å². The van der Waals surface area contributed by atoms with Gasteiger partial charge in [-0.2, -0.15) is 0 Å². The molecule has 0 amide bonds. The van der Waals surface area contributed by atoms with Crippen molar-refractivity contribution in [1.29, 1.82) is 0 Å². The van der Waals surface area contributed by atoms with Gasteiger partial charge in [0, 0.05) is 6.42 Å². The number of rotatable bonds is 5. The molecule has 1 aromatic rings. The molecule has 0 saturated heterocycles. The van der Waals surface area contributed by atoms with E-state index in [1.54, 1.807) is 0 Å². The van der Waals surface area contributed by atoms with Gasteiger partial charge in [0.25, 0.3) is 0 Å². The molecular formula is C17H27N3S. The molecule has 4 fully saturated rings. The first-order valence-corrected chi connectivity index (χ1v) is 9.53. The number of aromatic nitrogens is 2. The molecule has 4 saturated carbocycles. The van der Waals surface area contributed by atoms with Crippen molar-refractivity contribution in [1.82, 2.24) is 15.5 Å². The maximum atomic E-state index is 4.52. The van der Waals surface area contributed by atoms with Gasteiger partial charge in [-0.25, -0.2) is 0 Å². The molecule has 4 aliphatic rings. The van der Waals surface area contributed by atoms with Gasteiger partial charge in [0.15, 0.2) is 0 Å². The largest absolute Gasteiger partial charge is 0.308 e. The first kappa shape index (κ1) is 14.1. The zero-order valence-electron chi connectivity index (χ0n) is 13.3. The van der Waals surface area contributed by atoms with E-state index < -0.39 is 0 Å². The summed E-state index contributed by atoms with van der Waals surface area (Å²) in [5.41, 5.74) is 0.590. The van der Waals surface area contributed by atoms with Crippen molar-refractivity contribution in [3.8, 4) is 0 Å². The van der Waals surface area contributed by atoms with E-state index in [4.69, 9.17) is 0 Å². The molecule has 0 aromatic carbocycles. The Labute approximate surface area is 131 Å². The second-order valence-corrected chi connectivity index (χ2v) is 9.00. The lowest BCUT2D eigenvalue weighted by Crippen LogP contribution is -2.47. The molecule has 116 valence electrons. The fourth-order valence-electron chi connectivity index (χ4n) is 5.73. The van der Waals surface area contributed by atoms with E-state index in [0.717, 1.165) is 29.3 Å². The molecule has 1 N–H and O–H groups in total. The third kappa shape index (κ3) is 2.65. The Hall–Kier alpha value is -0.480. The SMILES string of the molecule is CCNC(C)c1nnc(CC23CC4CC(CC(C4)C2)C3)s1. The van der Waals surface area contributed by atoms with Crippen LogP contribution in [0.3, 0.4) is 0 Å². The highest BCUT2D eigenvalue weighted by Gasteiger charge is 2.51. The van der Waals surface area contributed by atoms with Gasteiger partial charge >= 0.3 is 0 Å². The molecule has 4 aliphatic carbocycles. The Morgan fingerprint density at radius 3 is 2.33 bits per heavy atom. The van der Waals surface area contributed by atoms with Crippen molar-refractivity contribution in [2.24, 2.45) is 23.2 Å². The van der Waals surface area contributed by atoms with Crippen molar-refractivity contribution in [2.45, 2.75) is 64.8 Å². The second kappa shape index (κ2) is 5.31. The molecule has 0 aliphatic heterocycles. The van der Waals surface area contributed by atoms with Crippen molar-refractivity contribution in [2.75, 3.05) is 6.54 Å². The number of nitrogens with one attached hydrogen (secondary N) is 1. The van der Waals surface area contributed by atoms with Crippen LogP contribution in [0.5, 0.6) is 0 Å². The van der Waals surface area contributed by atoms with Gasteiger partial charge in [0.05, 0.1) is 6.04 Å². The van der Waals surface area contributed by atoms with Crippen LogP contribution in [0.2, 0.25) is 0 Å². The highest BCUT2D eigenvalue weighted by molar-refractivity contribution is 7.11. The van der Waals surface area contributed by atoms with Gasteiger partial charge in [-0.1, -0.05) is 18.3 Å². The molecule has 1 unspecified atom stereocenters. The average molecular weight is 305 g/mol. The molecular weight excluding hydrogens is 278 g/mol. The maximum absolute atomic E-state index is 4.52. The molecule has 3 nitrogen and oxygen atoms in total. The number of hydrogen-bond donors (Lipinski definition) is 1. The van der Waals surface area contributed by atoms with Gasteiger partial charge in [-0.3, -0.25) is 0 Å². The summed E-state index contributed by atoms with van der Waals surface area (Å²) < 4.78 is 0. The van der Waals surface area contributed by atoms with Gasteiger partial charge in [-0.15, -0.1) is 10.2 Å². The first-order valence-electron chi connectivity index (χ1n) is 8.71. The van der Waals surface area contributed by atoms with Crippen LogP contribution < -0.4 is 5.32 Å². The lowest BCUT2D eigenvalue weighted by Gasteiger charge is -2.56. The maximum Gasteiger partial charge on any atom is 0.134 e. The molecule has 0 radical (unpaired) electrons. The van der Waals surface area contributed by atoms with E-state index in [0.29, 0.717) is 11.5 Å². The Morgan fingerprint density at radius 1 is 1.14 bits per heavy atom. The van der Waals surface area contributed by atoms with Crippen LogP contribution in [0.25, 0.3) is 0 Å². The zero-order chi connectivity index (χ0) is 14.4. The van der Waals surface area contributed by atoms with Crippen LogP contribution in [0.15, 0.2) is 0 Å². The van der Waals surface area contributed by atoms with Crippen LogP contribution in [0.4, 0.5) is 0 Å². The average Bonchev–Trinajstić information content (AvgIpc) is 2.85. The molecule has 1 atom stereocenters. The van der Waals surface area contributed by atoms with Gasteiger partial charge in [0.2, 0.25) is 0 Å². The number of hydrogen-bond acceptors (Lipinski definition) is 4. The Morgan fingerprint density at radius 2 is 1.76 bits per heavy atom. The summed E-state index contributed by atoms with van der Waals surface area (Å²) in [4.78, 5) is 0.